The number of carbonyl (C=O) groups excluding carboxylic acids is 3. The summed E-state index contributed by atoms with van der Waals surface area (Å²) in [6.45, 7) is 2.69. The highest BCUT2D eigenvalue weighted by Gasteiger charge is 2.69. The lowest BCUT2D eigenvalue weighted by Crippen LogP contribution is -2.60. The van der Waals surface area contributed by atoms with Gasteiger partial charge in [-0.25, -0.2) is 9.59 Å². The van der Waals surface area contributed by atoms with Gasteiger partial charge in [0.2, 0.25) is 10.8 Å². The second-order valence-electron chi connectivity index (χ2n) is 6.13. The zero-order valence-electron chi connectivity index (χ0n) is 16.1. The number of fused-ring (bicyclic) bond motifs is 1. The minimum Gasteiger partial charge on any atom is -0.462 e. The molecule has 0 radical (unpaired) electrons. The quantitative estimate of drug-likeness (QED) is 0.470. The SMILES string of the molecule is CCOC(=O)C1=C(C(=O)OCC)C(C#N)(C#N)C(C#N)(C#N)C2C=CC(C=O)=CN12. The van der Waals surface area contributed by atoms with Crippen LogP contribution < -0.4 is 0 Å². The molecule has 1 atom stereocenters. The van der Waals surface area contributed by atoms with Crippen LogP contribution in [0.15, 0.2) is 35.2 Å². The lowest BCUT2D eigenvalue weighted by Gasteiger charge is -2.48. The van der Waals surface area contributed by atoms with E-state index in [0.29, 0.717) is 6.29 Å². The largest absolute Gasteiger partial charge is 0.462 e. The van der Waals surface area contributed by atoms with Crippen LogP contribution in [-0.4, -0.2) is 42.4 Å². The molecule has 2 rings (SSSR count). The topological polar surface area (TPSA) is 168 Å². The first-order valence-electron chi connectivity index (χ1n) is 8.75. The van der Waals surface area contributed by atoms with E-state index >= 15 is 0 Å². The number of rotatable bonds is 5. The van der Waals surface area contributed by atoms with Gasteiger partial charge in [0.15, 0.2) is 6.29 Å². The fourth-order valence-corrected chi connectivity index (χ4v) is 3.43. The number of allylic oxidation sites excluding steroid dienone is 2. The molecular formula is C20H15N5O5. The highest BCUT2D eigenvalue weighted by Crippen LogP contribution is 2.55. The Kier molecular flexibility index (Phi) is 6.06. The molecule has 2 aliphatic heterocycles. The van der Waals surface area contributed by atoms with Crippen LogP contribution in [0.4, 0.5) is 0 Å². The number of esters is 2. The molecule has 10 heteroatoms. The van der Waals surface area contributed by atoms with Gasteiger partial charge in [-0.3, -0.25) is 4.79 Å². The third kappa shape index (κ3) is 2.80. The molecule has 1 unspecified atom stereocenters. The van der Waals surface area contributed by atoms with Crippen molar-refractivity contribution in [2.45, 2.75) is 19.9 Å². The number of carbonyl (C=O) groups is 3. The van der Waals surface area contributed by atoms with E-state index in [9.17, 15) is 35.4 Å². The van der Waals surface area contributed by atoms with Gasteiger partial charge in [0, 0.05) is 11.8 Å². The van der Waals surface area contributed by atoms with Gasteiger partial charge in [0.1, 0.15) is 11.3 Å². The van der Waals surface area contributed by atoms with E-state index in [-0.39, 0.29) is 18.8 Å². The molecule has 150 valence electrons. The van der Waals surface area contributed by atoms with Crippen molar-refractivity contribution in [2.75, 3.05) is 13.2 Å². The third-order valence-corrected chi connectivity index (χ3v) is 4.74. The Labute approximate surface area is 172 Å². The lowest BCUT2D eigenvalue weighted by atomic mass is 9.55. The van der Waals surface area contributed by atoms with Crippen LogP contribution in [0.1, 0.15) is 13.8 Å². The zero-order valence-corrected chi connectivity index (χ0v) is 16.1. The number of nitriles is 4. The maximum atomic E-state index is 12.9. The molecule has 0 amide bonds. The number of aldehydes is 1. The third-order valence-electron chi connectivity index (χ3n) is 4.74. The maximum Gasteiger partial charge on any atom is 0.355 e. The molecule has 0 aromatic rings. The second kappa shape index (κ2) is 8.31. The van der Waals surface area contributed by atoms with Crippen molar-refractivity contribution in [3.8, 4) is 24.3 Å². The van der Waals surface area contributed by atoms with Gasteiger partial charge in [-0.05, 0) is 13.8 Å². The summed E-state index contributed by atoms with van der Waals surface area (Å²) in [5, 5.41) is 39.8. The molecule has 0 saturated heterocycles. The van der Waals surface area contributed by atoms with Crippen LogP contribution >= 0.6 is 0 Å². The van der Waals surface area contributed by atoms with E-state index in [1.165, 1.54) is 26.0 Å². The fraction of sp³-hybridized carbons (Fsp3) is 0.350. The Morgan fingerprint density at radius 1 is 1.07 bits per heavy atom. The first-order chi connectivity index (χ1) is 14.4. The Balaban J connectivity index is 3.11. The van der Waals surface area contributed by atoms with Crippen molar-refractivity contribution in [1.82, 2.24) is 4.90 Å². The second-order valence-corrected chi connectivity index (χ2v) is 6.13. The fourth-order valence-electron chi connectivity index (χ4n) is 3.43. The van der Waals surface area contributed by atoms with Crippen LogP contribution in [0.5, 0.6) is 0 Å². The average molecular weight is 405 g/mol. The van der Waals surface area contributed by atoms with Crippen LogP contribution in [0, 0.1) is 56.2 Å². The molecule has 30 heavy (non-hydrogen) atoms. The molecule has 0 spiro atoms. The maximum absolute atomic E-state index is 12.9. The average Bonchev–Trinajstić information content (AvgIpc) is 2.77. The van der Waals surface area contributed by atoms with Gasteiger partial charge in [0.25, 0.3) is 0 Å². The summed E-state index contributed by atoms with van der Waals surface area (Å²) >= 11 is 0. The lowest BCUT2D eigenvalue weighted by molar-refractivity contribution is -0.145. The van der Waals surface area contributed by atoms with Crippen molar-refractivity contribution >= 4 is 18.2 Å². The first kappa shape index (κ1) is 21.9. The van der Waals surface area contributed by atoms with Crippen LogP contribution in [0.2, 0.25) is 0 Å². The van der Waals surface area contributed by atoms with Gasteiger partial charge >= 0.3 is 11.9 Å². The van der Waals surface area contributed by atoms with Crippen LogP contribution in [-0.2, 0) is 23.9 Å². The number of ether oxygens (including phenoxy) is 2. The van der Waals surface area contributed by atoms with Crippen molar-refractivity contribution < 1.29 is 23.9 Å². The van der Waals surface area contributed by atoms with Gasteiger partial charge in [0.05, 0.1) is 43.5 Å². The van der Waals surface area contributed by atoms with E-state index in [1.807, 2.05) is 0 Å². The summed E-state index contributed by atoms with van der Waals surface area (Å²) in [6, 6.07) is 5.28. The zero-order chi connectivity index (χ0) is 22.5. The summed E-state index contributed by atoms with van der Waals surface area (Å²) in [7, 11) is 0. The molecule has 0 aromatic heterocycles. The summed E-state index contributed by atoms with van der Waals surface area (Å²) in [6.07, 6.45) is 4.14. The first-order valence-corrected chi connectivity index (χ1v) is 8.75. The van der Waals surface area contributed by atoms with Crippen molar-refractivity contribution in [2.24, 2.45) is 10.8 Å². The Bertz CT molecular complexity index is 1030. The van der Waals surface area contributed by atoms with Gasteiger partial charge in [-0.1, -0.05) is 12.2 Å². The Morgan fingerprint density at radius 3 is 2.10 bits per heavy atom. The predicted octanol–water partition coefficient (Wildman–Crippen LogP) is 0.771. The van der Waals surface area contributed by atoms with E-state index in [4.69, 9.17) is 9.47 Å². The minimum absolute atomic E-state index is 0.0578. The molecule has 2 heterocycles. The molecule has 0 aromatic carbocycles. The Morgan fingerprint density at radius 2 is 1.63 bits per heavy atom. The molecular weight excluding hydrogens is 390 g/mol. The number of hydrogen-bond acceptors (Lipinski definition) is 10. The van der Waals surface area contributed by atoms with E-state index in [2.05, 4.69) is 0 Å². The summed E-state index contributed by atoms with van der Waals surface area (Å²) in [5.41, 5.74) is -6.39. The van der Waals surface area contributed by atoms with E-state index in [1.54, 1.807) is 24.3 Å². The predicted molar refractivity (Wildman–Crippen MR) is 96.5 cm³/mol. The Hall–Kier alpha value is -4.41. The highest BCUT2D eigenvalue weighted by atomic mass is 16.5. The highest BCUT2D eigenvalue weighted by molar-refractivity contribution is 6.03. The molecule has 10 nitrogen and oxygen atoms in total. The molecule has 0 saturated carbocycles. The summed E-state index contributed by atoms with van der Waals surface area (Å²) in [4.78, 5) is 38.0. The molecule has 0 bridgehead atoms. The van der Waals surface area contributed by atoms with E-state index in [0.717, 1.165) is 11.1 Å². The smallest absolute Gasteiger partial charge is 0.355 e. The van der Waals surface area contributed by atoms with E-state index < -0.39 is 40.1 Å². The van der Waals surface area contributed by atoms with Gasteiger partial charge < -0.3 is 14.4 Å². The summed E-state index contributed by atoms with van der Waals surface area (Å²) in [5.74, 6) is -2.31. The van der Waals surface area contributed by atoms with Crippen molar-refractivity contribution in [1.29, 1.82) is 21.0 Å². The molecule has 0 N–H and O–H groups in total. The monoisotopic (exact) mass is 405 g/mol. The van der Waals surface area contributed by atoms with Crippen molar-refractivity contribution in [3.05, 3.63) is 35.2 Å². The number of hydrogen-bond donors (Lipinski definition) is 0. The summed E-state index contributed by atoms with van der Waals surface area (Å²) < 4.78 is 9.96. The van der Waals surface area contributed by atoms with Gasteiger partial charge in [-0.2, -0.15) is 21.0 Å². The van der Waals surface area contributed by atoms with Crippen LogP contribution in [0.3, 0.4) is 0 Å². The minimum atomic E-state index is -2.68. The number of nitrogens with zero attached hydrogens (tertiary/aromatic N) is 5. The normalized spacial score (nSPS) is 20.3. The standard InChI is InChI=1S/C20H15N5O5/c1-3-29-17(27)15-16(18(28)30-4-2)25-7-13(8-26)5-6-14(25)19(9-21,10-22)20(15,11-23)12-24/h5-8,14H,3-4H2,1-2H3. The molecule has 2 aliphatic rings. The molecule has 0 aliphatic carbocycles. The van der Waals surface area contributed by atoms with Crippen LogP contribution in [0.25, 0.3) is 0 Å². The molecule has 0 fully saturated rings. The van der Waals surface area contributed by atoms with Crippen molar-refractivity contribution in [3.63, 3.8) is 0 Å². The van der Waals surface area contributed by atoms with Gasteiger partial charge in [-0.15, -0.1) is 0 Å².